The van der Waals surface area contributed by atoms with Crippen LogP contribution >= 0.6 is 15.9 Å². The lowest BCUT2D eigenvalue weighted by Gasteiger charge is -2.09. The number of carbonyl (C=O) groups is 2. The molecular formula is C12H12BrNO3. The summed E-state index contributed by atoms with van der Waals surface area (Å²) >= 11 is 3.29. The predicted molar refractivity (Wildman–Crippen MR) is 68.1 cm³/mol. The average Bonchev–Trinajstić information content (AvgIpc) is 2.35. The van der Waals surface area contributed by atoms with Crippen molar-refractivity contribution in [3.8, 4) is 0 Å². The molecule has 0 aliphatic heterocycles. The molecule has 0 aliphatic carbocycles. The van der Waals surface area contributed by atoms with E-state index < -0.39 is 5.97 Å². The van der Waals surface area contributed by atoms with Crippen molar-refractivity contribution in [1.29, 1.82) is 0 Å². The highest BCUT2D eigenvalue weighted by Crippen LogP contribution is 2.24. The quantitative estimate of drug-likeness (QED) is 0.686. The summed E-state index contributed by atoms with van der Waals surface area (Å²) in [6.07, 6.45) is 0. The number of rotatable bonds is 3. The van der Waals surface area contributed by atoms with Gasteiger partial charge in [0.15, 0.2) is 0 Å². The van der Waals surface area contributed by atoms with Crippen molar-refractivity contribution in [3.05, 3.63) is 41.6 Å². The lowest BCUT2D eigenvalue weighted by molar-refractivity contribution is -0.137. The summed E-state index contributed by atoms with van der Waals surface area (Å²) in [5.74, 6) is -0.936. The fourth-order valence-corrected chi connectivity index (χ4v) is 1.73. The standard InChI is InChI=1S/C12H12BrNO3/c1-8(15)14-11(12(16)17-2)10(13)9-6-4-3-5-7-9/h3-7H,1-2H3,(H,14,15). The number of amides is 1. The predicted octanol–water partition coefficient (Wildman–Crippen LogP) is 2.06. The Labute approximate surface area is 108 Å². The van der Waals surface area contributed by atoms with Gasteiger partial charge >= 0.3 is 5.97 Å². The van der Waals surface area contributed by atoms with Crippen LogP contribution in [0.1, 0.15) is 12.5 Å². The van der Waals surface area contributed by atoms with Gasteiger partial charge in [-0.05, 0) is 21.5 Å². The molecule has 0 aromatic heterocycles. The van der Waals surface area contributed by atoms with E-state index in [2.05, 4.69) is 26.0 Å². The minimum absolute atomic E-state index is 0.0891. The molecule has 1 rings (SSSR count). The number of nitrogens with one attached hydrogen (secondary N) is 1. The summed E-state index contributed by atoms with van der Waals surface area (Å²) in [5.41, 5.74) is 0.868. The third kappa shape index (κ3) is 3.71. The van der Waals surface area contributed by atoms with Crippen molar-refractivity contribution in [2.24, 2.45) is 0 Å². The van der Waals surface area contributed by atoms with Gasteiger partial charge in [0.1, 0.15) is 5.70 Å². The van der Waals surface area contributed by atoms with Crippen molar-refractivity contribution in [2.45, 2.75) is 6.92 Å². The number of esters is 1. The number of ether oxygens (including phenoxy) is 1. The number of hydrogen-bond acceptors (Lipinski definition) is 3. The van der Waals surface area contributed by atoms with E-state index in [0.717, 1.165) is 5.56 Å². The monoisotopic (exact) mass is 297 g/mol. The lowest BCUT2D eigenvalue weighted by Crippen LogP contribution is -2.26. The molecule has 0 bridgehead atoms. The molecule has 17 heavy (non-hydrogen) atoms. The van der Waals surface area contributed by atoms with E-state index in [1.54, 1.807) is 0 Å². The van der Waals surface area contributed by atoms with Crippen LogP contribution in [0.5, 0.6) is 0 Å². The van der Waals surface area contributed by atoms with E-state index >= 15 is 0 Å². The Morgan fingerprint density at radius 2 is 1.82 bits per heavy atom. The van der Waals surface area contributed by atoms with Crippen LogP contribution in [0.4, 0.5) is 0 Å². The molecule has 0 atom stereocenters. The molecule has 90 valence electrons. The molecule has 1 aromatic rings. The van der Waals surface area contributed by atoms with Crippen LogP contribution in [-0.4, -0.2) is 19.0 Å². The van der Waals surface area contributed by atoms with E-state index in [0.29, 0.717) is 4.48 Å². The summed E-state index contributed by atoms with van der Waals surface area (Å²) in [4.78, 5) is 22.6. The maximum absolute atomic E-state index is 11.5. The maximum atomic E-state index is 11.5. The van der Waals surface area contributed by atoms with Crippen LogP contribution in [0.2, 0.25) is 0 Å². The topological polar surface area (TPSA) is 55.4 Å². The summed E-state index contributed by atoms with van der Waals surface area (Å²) < 4.78 is 5.10. The SMILES string of the molecule is COC(=O)C(NC(C)=O)=C(Br)c1ccccc1. The molecule has 5 heteroatoms. The Morgan fingerprint density at radius 3 is 2.29 bits per heavy atom. The molecule has 0 saturated carbocycles. The van der Waals surface area contributed by atoms with Gasteiger partial charge in [0.25, 0.3) is 0 Å². The number of methoxy groups -OCH3 is 1. The van der Waals surface area contributed by atoms with Crippen molar-refractivity contribution in [2.75, 3.05) is 7.11 Å². The molecule has 0 aliphatic rings. The molecule has 0 spiro atoms. The van der Waals surface area contributed by atoms with Gasteiger partial charge < -0.3 is 10.1 Å². The van der Waals surface area contributed by atoms with Crippen LogP contribution in [-0.2, 0) is 14.3 Å². The molecule has 0 unspecified atom stereocenters. The minimum Gasteiger partial charge on any atom is -0.464 e. The highest BCUT2D eigenvalue weighted by molar-refractivity contribution is 9.15. The van der Waals surface area contributed by atoms with E-state index in [1.165, 1.54) is 14.0 Å². The first-order chi connectivity index (χ1) is 8.06. The minimum atomic E-state index is -0.601. The number of hydrogen-bond donors (Lipinski definition) is 1. The second-order valence-corrected chi connectivity index (χ2v) is 4.02. The van der Waals surface area contributed by atoms with Crippen molar-refractivity contribution in [1.82, 2.24) is 5.32 Å². The Hall–Kier alpha value is -1.62. The molecule has 1 amide bonds. The average molecular weight is 298 g/mol. The Kier molecular flexibility index (Phi) is 4.90. The fraction of sp³-hybridized carbons (Fsp3) is 0.167. The summed E-state index contributed by atoms with van der Waals surface area (Å²) in [7, 11) is 1.26. The summed E-state index contributed by atoms with van der Waals surface area (Å²) in [6.45, 7) is 1.33. The lowest BCUT2D eigenvalue weighted by atomic mass is 10.2. The van der Waals surface area contributed by atoms with Crippen molar-refractivity contribution >= 4 is 32.3 Å². The molecule has 1 aromatic carbocycles. The highest BCUT2D eigenvalue weighted by atomic mass is 79.9. The Balaban J connectivity index is 3.18. The van der Waals surface area contributed by atoms with Gasteiger partial charge in [-0.2, -0.15) is 0 Å². The number of halogens is 1. The van der Waals surface area contributed by atoms with E-state index in [4.69, 9.17) is 0 Å². The van der Waals surface area contributed by atoms with Crippen molar-refractivity contribution < 1.29 is 14.3 Å². The molecule has 0 fully saturated rings. The van der Waals surface area contributed by atoms with Gasteiger partial charge in [0.2, 0.25) is 5.91 Å². The van der Waals surface area contributed by atoms with E-state index in [-0.39, 0.29) is 11.6 Å². The zero-order valence-electron chi connectivity index (χ0n) is 9.49. The maximum Gasteiger partial charge on any atom is 0.355 e. The molecule has 0 saturated heterocycles. The first-order valence-corrected chi connectivity index (χ1v) is 5.66. The summed E-state index contributed by atoms with van der Waals surface area (Å²) in [6, 6.07) is 9.15. The van der Waals surface area contributed by atoms with Crippen molar-refractivity contribution in [3.63, 3.8) is 0 Å². The van der Waals surface area contributed by atoms with Crippen LogP contribution in [0, 0.1) is 0 Å². The molecule has 1 N–H and O–H groups in total. The van der Waals surface area contributed by atoms with Gasteiger partial charge in [0, 0.05) is 6.92 Å². The largest absolute Gasteiger partial charge is 0.464 e. The first-order valence-electron chi connectivity index (χ1n) is 4.87. The van der Waals surface area contributed by atoms with Gasteiger partial charge in [-0.15, -0.1) is 0 Å². The Bertz CT molecular complexity index is 454. The summed E-state index contributed by atoms with van der Waals surface area (Å²) in [5, 5.41) is 2.45. The third-order valence-corrected chi connectivity index (χ3v) is 2.79. The molecule has 4 nitrogen and oxygen atoms in total. The van der Waals surface area contributed by atoms with Crippen LogP contribution < -0.4 is 5.32 Å². The van der Waals surface area contributed by atoms with Gasteiger partial charge in [-0.1, -0.05) is 30.3 Å². The van der Waals surface area contributed by atoms with Gasteiger partial charge in [-0.3, -0.25) is 4.79 Å². The normalized spacial score (nSPS) is 11.5. The zero-order valence-corrected chi connectivity index (χ0v) is 11.1. The number of carbonyl (C=O) groups excluding carboxylic acids is 2. The van der Waals surface area contributed by atoms with Gasteiger partial charge in [-0.25, -0.2) is 4.79 Å². The van der Waals surface area contributed by atoms with Crippen LogP contribution in [0.3, 0.4) is 0 Å². The zero-order chi connectivity index (χ0) is 12.8. The Morgan fingerprint density at radius 1 is 1.24 bits per heavy atom. The van der Waals surface area contributed by atoms with Gasteiger partial charge in [0.05, 0.1) is 11.6 Å². The van der Waals surface area contributed by atoms with E-state index in [9.17, 15) is 9.59 Å². The van der Waals surface area contributed by atoms with Crippen LogP contribution in [0.15, 0.2) is 36.0 Å². The third-order valence-electron chi connectivity index (χ3n) is 1.94. The molecule has 0 heterocycles. The molecular weight excluding hydrogens is 286 g/mol. The number of benzene rings is 1. The second-order valence-electron chi connectivity index (χ2n) is 3.23. The van der Waals surface area contributed by atoms with E-state index in [1.807, 2.05) is 30.3 Å². The first kappa shape index (κ1) is 13.4. The highest BCUT2D eigenvalue weighted by Gasteiger charge is 2.16. The smallest absolute Gasteiger partial charge is 0.355 e. The second kappa shape index (κ2) is 6.20. The van der Waals surface area contributed by atoms with Crippen LogP contribution in [0.25, 0.3) is 4.48 Å². The fourth-order valence-electron chi connectivity index (χ4n) is 1.20. The molecule has 0 radical (unpaired) electrons.